The van der Waals surface area contributed by atoms with E-state index in [-0.39, 0.29) is 5.91 Å². The number of nitrogens with one attached hydrogen (secondary N) is 1. The van der Waals surface area contributed by atoms with Gasteiger partial charge in [0.25, 0.3) is 5.91 Å². The first-order chi connectivity index (χ1) is 9.70. The Kier molecular flexibility index (Phi) is 4.82. The molecule has 0 saturated heterocycles. The minimum absolute atomic E-state index is 0.160. The zero-order valence-electron chi connectivity index (χ0n) is 11.8. The average molecular weight is 273 g/mol. The first-order valence-electron chi connectivity index (χ1n) is 6.75. The third-order valence-corrected chi connectivity index (χ3v) is 3.04. The molecular formula is C16H19NO3. The molecule has 0 aliphatic rings. The van der Waals surface area contributed by atoms with Gasteiger partial charge in [-0.15, -0.1) is 0 Å². The molecule has 2 rings (SSSR count). The van der Waals surface area contributed by atoms with E-state index in [1.54, 1.807) is 19.3 Å². The van der Waals surface area contributed by atoms with Crippen LogP contribution in [0.15, 0.2) is 47.1 Å². The van der Waals surface area contributed by atoms with E-state index in [0.29, 0.717) is 6.54 Å². The smallest absolute Gasteiger partial charge is 0.261 e. The SMILES string of the molecule is CCc1ccccc1O[C@H](C)C(=O)NCc1ccco1. The predicted molar refractivity (Wildman–Crippen MR) is 76.5 cm³/mol. The topological polar surface area (TPSA) is 51.5 Å². The van der Waals surface area contributed by atoms with Crippen LogP contribution >= 0.6 is 0 Å². The van der Waals surface area contributed by atoms with E-state index < -0.39 is 6.10 Å². The molecule has 0 spiro atoms. The molecule has 2 aromatic rings. The maximum absolute atomic E-state index is 12.0. The maximum atomic E-state index is 12.0. The normalized spacial score (nSPS) is 11.9. The zero-order valence-corrected chi connectivity index (χ0v) is 11.8. The number of carbonyl (C=O) groups excluding carboxylic acids is 1. The van der Waals surface area contributed by atoms with Gasteiger partial charge in [-0.25, -0.2) is 0 Å². The first kappa shape index (κ1) is 14.2. The summed E-state index contributed by atoms with van der Waals surface area (Å²) in [5.74, 6) is 1.32. The Balaban J connectivity index is 1.90. The molecule has 106 valence electrons. The molecule has 0 radical (unpaired) electrons. The molecular weight excluding hydrogens is 254 g/mol. The van der Waals surface area contributed by atoms with Crippen LogP contribution in [0, 0.1) is 0 Å². The first-order valence-corrected chi connectivity index (χ1v) is 6.75. The summed E-state index contributed by atoms with van der Waals surface area (Å²) in [5, 5.41) is 2.78. The van der Waals surface area contributed by atoms with Gasteiger partial charge in [0.1, 0.15) is 11.5 Å². The summed E-state index contributed by atoms with van der Waals surface area (Å²) in [7, 11) is 0. The van der Waals surface area contributed by atoms with Crippen LogP contribution < -0.4 is 10.1 Å². The summed E-state index contributed by atoms with van der Waals surface area (Å²) in [5.41, 5.74) is 1.10. The molecule has 4 nitrogen and oxygen atoms in total. The molecule has 0 saturated carbocycles. The van der Waals surface area contributed by atoms with Crippen LogP contribution in [0.1, 0.15) is 25.2 Å². The van der Waals surface area contributed by atoms with Gasteiger partial charge < -0.3 is 14.5 Å². The van der Waals surface area contributed by atoms with Crippen molar-refractivity contribution in [2.45, 2.75) is 32.9 Å². The number of amides is 1. The number of hydrogen-bond acceptors (Lipinski definition) is 3. The number of ether oxygens (including phenoxy) is 1. The molecule has 0 aliphatic carbocycles. The Morgan fingerprint density at radius 1 is 1.30 bits per heavy atom. The quantitative estimate of drug-likeness (QED) is 0.880. The number of para-hydroxylation sites is 1. The van der Waals surface area contributed by atoms with Crippen LogP contribution in [0.5, 0.6) is 5.75 Å². The third-order valence-electron chi connectivity index (χ3n) is 3.04. The molecule has 20 heavy (non-hydrogen) atoms. The molecule has 0 aliphatic heterocycles. The number of furan rings is 1. The second-order valence-electron chi connectivity index (χ2n) is 4.52. The fraction of sp³-hybridized carbons (Fsp3) is 0.312. The van der Waals surface area contributed by atoms with Crippen molar-refractivity contribution in [1.82, 2.24) is 5.32 Å². The lowest BCUT2D eigenvalue weighted by Gasteiger charge is -2.16. The van der Waals surface area contributed by atoms with Crippen LogP contribution in [-0.2, 0) is 17.8 Å². The van der Waals surface area contributed by atoms with E-state index in [4.69, 9.17) is 9.15 Å². The van der Waals surface area contributed by atoms with Crippen molar-refractivity contribution in [1.29, 1.82) is 0 Å². The van der Waals surface area contributed by atoms with Crippen molar-refractivity contribution in [2.75, 3.05) is 0 Å². The fourth-order valence-corrected chi connectivity index (χ4v) is 1.89. The summed E-state index contributed by atoms with van der Waals surface area (Å²) in [6.07, 6.45) is 1.91. The molecule has 1 aromatic carbocycles. The van der Waals surface area contributed by atoms with E-state index in [2.05, 4.69) is 12.2 Å². The van der Waals surface area contributed by atoms with Crippen LogP contribution in [-0.4, -0.2) is 12.0 Å². The Bertz CT molecular complexity index is 549. The zero-order chi connectivity index (χ0) is 14.4. The highest BCUT2D eigenvalue weighted by Gasteiger charge is 2.15. The second kappa shape index (κ2) is 6.80. The van der Waals surface area contributed by atoms with Crippen molar-refractivity contribution in [3.63, 3.8) is 0 Å². The number of aryl methyl sites for hydroxylation is 1. The summed E-state index contributed by atoms with van der Waals surface area (Å²) < 4.78 is 10.9. The molecule has 1 heterocycles. The van der Waals surface area contributed by atoms with E-state index in [0.717, 1.165) is 23.5 Å². The molecule has 1 amide bonds. The molecule has 0 unspecified atom stereocenters. The summed E-state index contributed by atoms with van der Waals surface area (Å²) in [6.45, 7) is 4.17. The highest BCUT2D eigenvalue weighted by molar-refractivity contribution is 5.80. The highest BCUT2D eigenvalue weighted by atomic mass is 16.5. The van der Waals surface area contributed by atoms with Crippen LogP contribution in [0.4, 0.5) is 0 Å². The third kappa shape index (κ3) is 3.63. The Labute approximate surface area is 118 Å². The highest BCUT2D eigenvalue weighted by Crippen LogP contribution is 2.19. The summed E-state index contributed by atoms with van der Waals surface area (Å²) in [4.78, 5) is 12.0. The van der Waals surface area contributed by atoms with Crippen LogP contribution in [0.25, 0.3) is 0 Å². The van der Waals surface area contributed by atoms with Gasteiger partial charge >= 0.3 is 0 Å². The number of benzene rings is 1. The molecule has 1 aromatic heterocycles. The molecule has 4 heteroatoms. The van der Waals surface area contributed by atoms with Crippen molar-refractivity contribution in [3.8, 4) is 5.75 Å². The van der Waals surface area contributed by atoms with Gasteiger partial charge in [0, 0.05) is 0 Å². The van der Waals surface area contributed by atoms with Crippen LogP contribution in [0.2, 0.25) is 0 Å². The molecule has 1 atom stereocenters. The Morgan fingerprint density at radius 2 is 2.10 bits per heavy atom. The van der Waals surface area contributed by atoms with Gasteiger partial charge in [0.2, 0.25) is 0 Å². The van der Waals surface area contributed by atoms with Crippen LogP contribution in [0.3, 0.4) is 0 Å². The van der Waals surface area contributed by atoms with E-state index in [9.17, 15) is 4.79 Å². The summed E-state index contributed by atoms with van der Waals surface area (Å²) >= 11 is 0. The average Bonchev–Trinajstić information content (AvgIpc) is 2.98. The van der Waals surface area contributed by atoms with Crippen molar-refractivity contribution >= 4 is 5.91 Å². The monoisotopic (exact) mass is 273 g/mol. The van der Waals surface area contributed by atoms with Crippen molar-refractivity contribution in [3.05, 3.63) is 54.0 Å². The van der Waals surface area contributed by atoms with Gasteiger partial charge in [0.15, 0.2) is 6.10 Å². The van der Waals surface area contributed by atoms with E-state index in [1.165, 1.54) is 0 Å². The Morgan fingerprint density at radius 3 is 2.80 bits per heavy atom. The number of rotatable bonds is 6. The van der Waals surface area contributed by atoms with Crippen molar-refractivity contribution < 1.29 is 13.9 Å². The van der Waals surface area contributed by atoms with E-state index in [1.807, 2.05) is 30.3 Å². The largest absolute Gasteiger partial charge is 0.481 e. The standard InChI is InChI=1S/C16H19NO3/c1-3-13-7-4-5-9-15(13)20-12(2)16(18)17-11-14-8-6-10-19-14/h4-10,12H,3,11H2,1-2H3,(H,17,18)/t12-/m1/s1. The van der Waals surface area contributed by atoms with Gasteiger partial charge in [-0.2, -0.15) is 0 Å². The number of hydrogen-bond donors (Lipinski definition) is 1. The fourth-order valence-electron chi connectivity index (χ4n) is 1.89. The van der Waals surface area contributed by atoms with Crippen molar-refractivity contribution in [2.24, 2.45) is 0 Å². The number of carbonyl (C=O) groups is 1. The van der Waals surface area contributed by atoms with Gasteiger partial charge in [0.05, 0.1) is 12.8 Å². The Hall–Kier alpha value is -2.23. The lowest BCUT2D eigenvalue weighted by Crippen LogP contribution is -2.36. The lowest BCUT2D eigenvalue weighted by atomic mass is 10.1. The summed E-state index contributed by atoms with van der Waals surface area (Å²) in [6, 6.07) is 11.4. The minimum atomic E-state index is -0.544. The molecule has 1 N–H and O–H groups in total. The molecule has 0 bridgehead atoms. The van der Waals surface area contributed by atoms with Gasteiger partial charge in [-0.05, 0) is 37.1 Å². The second-order valence-corrected chi connectivity index (χ2v) is 4.52. The van der Waals surface area contributed by atoms with E-state index >= 15 is 0 Å². The predicted octanol–water partition coefficient (Wildman–Crippen LogP) is 2.93. The van der Waals surface area contributed by atoms with Gasteiger partial charge in [-0.3, -0.25) is 4.79 Å². The van der Waals surface area contributed by atoms with Gasteiger partial charge in [-0.1, -0.05) is 25.1 Å². The minimum Gasteiger partial charge on any atom is -0.481 e. The maximum Gasteiger partial charge on any atom is 0.261 e. The molecule has 0 fully saturated rings. The lowest BCUT2D eigenvalue weighted by molar-refractivity contribution is -0.127.